The smallest absolute Gasteiger partial charge is 0.259 e. The highest BCUT2D eigenvalue weighted by atomic mass is 16.2. The zero-order valence-corrected chi connectivity index (χ0v) is 12.5. The van der Waals surface area contributed by atoms with Crippen molar-refractivity contribution in [2.24, 2.45) is 0 Å². The molecule has 1 aliphatic heterocycles. The first-order chi connectivity index (χ1) is 11.3. The molecule has 1 aliphatic rings. The summed E-state index contributed by atoms with van der Waals surface area (Å²) in [5, 5.41) is 6.47. The van der Waals surface area contributed by atoms with E-state index in [2.05, 4.69) is 10.6 Å². The van der Waals surface area contributed by atoms with E-state index in [0.29, 0.717) is 0 Å². The van der Waals surface area contributed by atoms with Crippen LogP contribution in [-0.4, -0.2) is 5.91 Å². The fourth-order valence-electron chi connectivity index (χ4n) is 3.17. The summed E-state index contributed by atoms with van der Waals surface area (Å²) in [5.74, 6) is -0.0613. The Kier molecular flexibility index (Phi) is 3.12. The molecule has 1 amide bonds. The maximum absolute atomic E-state index is 13.0. The van der Waals surface area contributed by atoms with Crippen molar-refractivity contribution in [3.05, 3.63) is 96.1 Å². The fourth-order valence-corrected chi connectivity index (χ4v) is 3.17. The van der Waals surface area contributed by atoms with Crippen molar-refractivity contribution >= 4 is 17.3 Å². The first-order valence-corrected chi connectivity index (χ1v) is 7.60. The second kappa shape index (κ2) is 5.29. The number of carbonyl (C=O) groups excluding carboxylic acids is 1. The first-order valence-electron chi connectivity index (χ1n) is 7.60. The minimum absolute atomic E-state index is 0.0613. The van der Waals surface area contributed by atoms with Crippen LogP contribution in [0.4, 0.5) is 11.4 Å². The highest BCUT2D eigenvalue weighted by Gasteiger charge is 2.48. The highest BCUT2D eigenvalue weighted by molar-refractivity contribution is 6.10. The highest BCUT2D eigenvalue weighted by Crippen LogP contribution is 2.43. The van der Waals surface area contributed by atoms with Gasteiger partial charge >= 0.3 is 0 Å². The zero-order valence-electron chi connectivity index (χ0n) is 12.5. The number of carbonyl (C=O) groups is 1. The third kappa shape index (κ3) is 2.09. The van der Waals surface area contributed by atoms with Gasteiger partial charge in [0.15, 0.2) is 5.54 Å². The van der Waals surface area contributed by atoms with E-state index in [0.717, 1.165) is 22.5 Å². The molecule has 112 valence electrons. The third-order valence-electron chi connectivity index (χ3n) is 4.23. The van der Waals surface area contributed by atoms with Crippen LogP contribution in [0, 0.1) is 0 Å². The Hall–Kier alpha value is -3.07. The molecule has 0 saturated carbocycles. The molecule has 0 bridgehead atoms. The molecular weight excluding hydrogens is 284 g/mol. The summed E-state index contributed by atoms with van der Waals surface area (Å²) in [5.41, 5.74) is 2.71. The molecular formula is C20H16N2O. The van der Waals surface area contributed by atoms with Gasteiger partial charge in [-0.1, -0.05) is 66.7 Å². The molecule has 3 heteroatoms. The standard InChI is InChI=1S/C20H16N2O/c23-19-20(15-9-3-1-4-10-15,22-16-11-5-2-6-12-16)17-13-7-8-14-18(17)21-19/h1-14,22H,(H,21,23). The van der Waals surface area contributed by atoms with Crippen molar-refractivity contribution in [1.29, 1.82) is 0 Å². The Morgan fingerprint density at radius 2 is 1.35 bits per heavy atom. The Morgan fingerprint density at radius 3 is 2.09 bits per heavy atom. The molecule has 0 radical (unpaired) electrons. The lowest BCUT2D eigenvalue weighted by molar-refractivity contribution is -0.118. The van der Waals surface area contributed by atoms with Crippen LogP contribution in [0.1, 0.15) is 11.1 Å². The average molecular weight is 300 g/mol. The predicted octanol–water partition coefficient (Wildman–Crippen LogP) is 3.99. The molecule has 23 heavy (non-hydrogen) atoms. The van der Waals surface area contributed by atoms with E-state index in [1.54, 1.807) is 0 Å². The van der Waals surface area contributed by atoms with Gasteiger partial charge in [-0.25, -0.2) is 0 Å². The van der Waals surface area contributed by atoms with Crippen molar-refractivity contribution in [2.45, 2.75) is 5.54 Å². The largest absolute Gasteiger partial charge is 0.364 e. The van der Waals surface area contributed by atoms with Gasteiger partial charge in [0.25, 0.3) is 5.91 Å². The number of para-hydroxylation sites is 2. The van der Waals surface area contributed by atoms with E-state index >= 15 is 0 Å². The van der Waals surface area contributed by atoms with Gasteiger partial charge in [-0.15, -0.1) is 0 Å². The predicted molar refractivity (Wildman–Crippen MR) is 92.4 cm³/mol. The Balaban J connectivity index is 1.94. The fraction of sp³-hybridized carbons (Fsp3) is 0.0500. The molecule has 0 aliphatic carbocycles. The lowest BCUT2D eigenvalue weighted by Crippen LogP contribution is -2.43. The van der Waals surface area contributed by atoms with E-state index in [-0.39, 0.29) is 5.91 Å². The van der Waals surface area contributed by atoms with Crippen LogP contribution in [0.5, 0.6) is 0 Å². The number of benzene rings is 3. The average Bonchev–Trinajstić information content (AvgIpc) is 2.89. The quantitative estimate of drug-likeness (QED) is 0.768. The van der Waals surface area contributed by atoms with Gasteiger partial charge < -0.3 is 10.6 Å². The van der Waals surface area contributed by atoms with Crippen LogP contribution in [0.15, 0.2) is 84.9 Å². The van der Waals surface area contributed by atoms with Crippen LogP contribution < -0.4 is 10.6 Å². The summed E-state index contributed by atoms with van der Waals surface area (Å²) in [6, 6.07) is 27.5. The number of rotatable bonds is 3. The number of anilines is 2. The lowest BCUT2D eigenvalue weighted by atomic mass is 9.83. The Bertz CT molecular complexity index is 846. The molecule has 2 N–H and O–H groups in total. The van der Waals surface area contributed by atoms with Crippen LogP contribution in [-0.2, 0) is 10.3 Å². The maximum Gasteiger partial charge on any atom is 0.259 e. The van der Waals surface area contributed by atoms with Crippen molar-refractivity contribution in [3.8, 4) is 0 Å². The second-order valence-corrected chi connectivity index (χ2v) is 5.61. The van der Waals surface area contributed by atoms with Crippen molar-refractivity contribution in [3.63, 3.8) is 0 Å². The number of amides is 1. The van der Waals surface area contributed by atoms with E-state index < -0.39 is 5.54 Å². The van der Waals surface area contributed by atoms with Crippen LogP contribution in [0.25, 0.3) is 0 Å². The number of nitrogens with one attached hydrogen (secondary N) is 2. The van der Waals surface area contributed by atoms with E-state index in [1.165, 1.54) is 0 Å². The number of hydrogen-bond acceptors (Lipinski definition) is 2. The van der Waals surface area contributed by atoms with Gasteiger partial charge in [0.1, 0.15) is 0 Å². The summed E-state index contributed by atoms with van der Waals surface area (Å²) < 4.78 is 0. The van der Waals surface area contributed by atoms with Gasteiger partial charge in [0, 0.05) is 16.9 Å². The molecule has 3 nitrogen and oxygen atoms in total. The summed E-state index contributed by atoms with van der Waals surface area (Å²) in [6.45, 7) is 0. The zero-order chi connectivity index (χ0) is 15.7. The molecule has 0 fully saturated rings. The topological polar surface area (TPSA) is 41.1 Å². The molecule has 0 saturated heterocycles. The molecule has 0 aromatic heterocycles. The Labute approximate surface area is 135 Å². The van der Waals surface area contributed by atoms with Crippen molar-refractivity contribution < 1.29 is 4.79 Å². The summed E-state index contributed by atoms with van der Waals surface area (Å²) in [7, 11) is 0. The molecule has 1 unspecified atom stereocenters. The van der Waals surface area contributed by atoms with Crippen molar-refractivity contribution in [2.75, 3.05) is 10.6 Å². The minimum atomic E-state index is -0.917. The Morgan fingerprint density at radius 1 is 0.739 bits per heavy atom. The SMILES string of the molecule is O=C1Nc2ccccc2C1(Nc1ccccc1)c1ccccc1. The second-order valence-electron chi connectivity index (χ2n) is 5.61. The van der Waals surface area contributed by atoms with Gasteiger partial charge in [0.05, 0.1) is 0 Å². The molecule has 1 heterocycles. The number of hydrogen-bond donors (Lipinski definition) is 2. The molecule has 0 spiro atoms. The first kappa shape index (κ1) is 13.6. The summed E-state index contributed by atoms with van der Waals surface area (Å²) in [6.07, 6.45) is 0. The lowest BCUT2D eigenvalue weighted by Gasteiger charge is -2.30. The van der Waals surface area contributed by atoms with Gasteiger partial charge in [-0.3, -0.25) is 4.79 Å². The summed E-state index contributed by atoms with van der Waals surface area (Å²) in [4.78, 5) is 13.0. The summed E-state index contributed by atoms with van der Waals surface area (Å²) >= 11 is 0. The van der Waals surface area contributed by atoms with Gasteiger partial charge in [0.2, 0.25) is 0 Å². The van der Waals surface area contributed by atoms with E-state index in [1.807, 2.05) is 84.9 Å². The van der Waals surface area contributed by atoms with Crippen LogP contribution in [0.2, 0.25) is 0 Å². The molecule has 1 atom stereocenters. The monoisotopic (exact) mass is 300 g/mol. The molecule has 4 rings (SSSR count). The minimum Gasteiger partial charge on any atom is -0.364 e. The van der Waals surface area contributed by atoms with E-state index in [9.17, 15) is 4.79 Å². The van der Waals surface area contributed by atoms with Crippen LogP contribution >= 0.6 is 0 Å². The van der Waals surface area contributed by atoms with Crippen LogP contribution in [0.3, 0.4) is 0 Å². The maximum atomic E-state index is 13.0. The van der Waals surface area contributed by atoms with E-state index in [4.69, 9.17) is 0 Å². The molecule has 3 aromatic rings. The van der Waals surface area contributed by atoms with Gasteiger partial charge in [-0.05, 0) is 23.8 Å². The normalized spacial score (nSPS) is 19.0. The molecule has 3 aromatic carbocycles. The third-order valence-corrected chi connectivity index (χ3v) is 4.23. The van der Waals surface area contributed by atoms with Gasteiger partial charge in [-0.2, -0.15) is 0 Å². The van der Waals surface area contributed by atoms with Crippen molar-refractivity contribution in [1.82, 2.24) is 0 Å². The number of fused-ring (bicyclic) bond motifs is 1.